The second-order valence-electron chi connectivity index (χ2n) is 7.16. The molecule has 1 aliphatic heterocycles. The molecule has 0 bridgehead atoms. The zero-order valence-electron chi connectivity index (χ0n) is 16.1. The fourth-order valence-electron chi connectivity index (χ4n) is 4.22. The van der Waals surface area contributed by atoms with Gasteiger partial charge in [-0.05, 0) is 0 Å². The summed E-state index contributed by atoms with van der Waals surface area (Å²) >= 11 is 4.45. The Bertz CT molecular complexity index is 884. The van der Waals surface area contributed by atoms with Crippen LogP contribution in [0, 0.1) is 0 Å². The molecular formula is C24H26BrO2P. The number of halogens is 1. The molecule has 0 spiro atoms. The van der Waals surface area contributed by atoms with Gasteiger partial charge in [-0.1, -0.05) is 0 Å². The molecule has 0 saturated carbocycles. The molecule has 0 N–H and O–H groups in total. The van der Waals surface area contributed by atoms with Crippen molar-refractivity contribution in [3.63, 3.8) is 0 Å². The van der Waals surface area contributed by atoms with Crippen LogP contribution in [0.25, 0.3) is 0 Å². The van der Waals surface area contributed by atoms with Crippen molar-refractivity contribution < 1.29 is 9.47 Å². The van der Waals surface area contributed by atoms with E-state index in [9.17, 15) is 0 Å². The first-order chi connectivity index (χ1) is 13.7. The molecular weight excluding hydrogens is 431 g/mol. The van der Waals surface area contributed by atoms with E-state index in [0.717, 1.165) is 31.4 Å². The molecule has 0 aliphatic carbocycles. The van der Waals surface area contributed by atoms with E-state index in [4.69, 9.17) is 9.47 Å². The molecule has 0 radical (unpaired) electrons. The van der Waals surface area contributed by atoms with Gasteiger partial charge in [0, 0.05) is 0 Å². The quantitative estimate of drug-likeness (QED) is 0.486. The van der Waals surface area contributed by atoms with Gasteiger partial charge in [-0.15, -0.1) is 0 Å². The first-order valence-electron chi connectivity index (χ1n) is 9.85. The van der Waals surface area contributed by atoms with Crippen molar-refractivity contribution in [2.24, 2.45) is 0 Å². The summed E-state index contributed by atoms with van der Waals surface area (Å²) in [6, 6.07) is 30.3. The van der Waals surface area contributed by atoms with E-state index in [2.05, 4.69) is 107 Å². The minimum atomic E-state index is -2.89. The van der Waals surface area contributed by atoms with Crippen molar-refractivity contribution in [3.05, 3.63) is 90.5 Å². The van der Waals surface area contributed by atoms with Crippen molar-refractivity contribution >= 4 is 36.7 Å². The molecule has 0 unspecified atom stereocenters. The zero-order chi connectivity index (χ0) is 19.5. The number of hydrogen-bond acceptors (Lipinski definition) is 2. The van der Waals surface area contributed by atoms with Gasteiger partial charge < -0.3 is 0 Å². The van der Waals surface area contributed by atoms with Gasteiger partial charge in [-0.25, -0.2) is 0 Å². The first-order valence-corrected chi connectivity index (χ1v) is 14.3. The van der Waals surface area contributed by atoms with Gasteiger partial charge in [0.15, 0.2) is 0 Å². The maximum absolute atomic E-state index is 6.04. The van der Waals surface area contributed by atoms with Gasteiger partial charge in [0.25, 0.3) is 0 Å². The van der Waals surface area contributed by atoms with Gasteiger partial charge in [-0.2, -0.15) is 0 Å². The van der Waals surface area contributed by atoms with Crippen molar-refractivity contribution in [1.82, 2.24) is 0 Å². The minimum absolute atomic E-state index is 0.317. The summed E-state index contributed by atoms with van der Waals surface area (Å²) in [7, 11) is 0. The van der Waals surface area contributed by atoms with Gasteiger partial charge in [0.05, 0.1) is 0 Å². The predicted octanol–water partition coefficient (Wildman–Crippen LogP) is 5.28. The Kier molecular flexibility index (Phi) is 5.71. The summed E-state index contributed by atoms with van der Waals surface area (Å²) in [5.74, 6) is 0. The summed E-state index contributed by atoms with van der Waals surface area (Å²) in [5.41, 5.74) is 1.13. The Balaban J connectivity index is 2.04. The number of rotatable bonds is 5. The van der Waals surface area contributed by atoms with Crippen molar-refractivity contribution in [2.45, 2.75) is 19.6 Å². The van der Waals surface area contributed by atoms with Crippen LogP contribution in [0.4, 0.5) is 0 Å². The first kappa shape index (κ1) is 19.8. The molecule has 146 valence electrons. The third-order valence-corrected chi connectivity index (χ3v) is 16.2. The van der Waals surface area contributed by atoms with Crippen LogP contribution in [0.2, 0.25) is 0 Å². The molecule has 28 heavy (non-hydrogen) atoms. The molecule has 2 nitrogen and oxygen atoms in total. The fraction of sp³-hybridized carbons (Fsp3) is 0.250. The maximum atomic E-state index is 6.04. The van der Waals surface area contributed by atoms with E-state index in [1.54, 1.807) is 0 Å². The molecule has 1 aliphatic rings. The monoisotopic (exact) mass is 456 g/mol. The Labute approximate surface area is 175 Å². The standard InChI is InChI=1S/C24H26BrO2P/c1-2-28(25,20-12-5-3-6-13-20,21-14-7-4-8-15-21)23-17-10-9-16-22(23)24-26-18-11-19-27-24/h3-10,12-17,24H,2,11,18-19H2,1H3. The number of benzene rings is 3. The molecule has 0 aromatic heterocycles. The van der Waals surface area contributed by atoms with Crippen LogP contribution >= 0.6 is 20.8 Å². The second kappa shape index (κ2) is 8.08. The molecule has 4 rings (SSSR count). The molecule has 1 heterocycles. The fourth-order valence-corrected chi connectivity index (χ4v) is 11.2. The Hall–Kier alpha value is -1.51. The molecule has 3 aromatic rings. The average molecular weight is 457 g/mol. The average Bonchev–Trinajstić information content (AvgIpc) is 2.80. The van der Waals surface area contributed by atoms with Crippen molar-refractivity contribution in [2.75, 3.05) is 19.4 Å². The summed E-state index contributed by atoms with van der Waals surface area (Å²) < 4.78 is 12.1. The van der Waals surface area contributed by atoms with Gasteiger partial charge >= 0.3 is 176 Å². The van der Waals surface area contributed by atoms with Gasteiger partial charge in [0.2, 0.25) is 0 Å². The predicted molar refractivity (Wildman–Crippen MR) is 124 cm³/mol. The second-order valence-corrected chi connectivity index (χ2v) is 16.4. The molecule has 3 aromatic carbocycles. The SMILES string of the molecule is CCP(Br)(c1ccccc1)(c1ccccc1)c1ccccc1C1OCCCO1. The number of ether oxygens (including phenoxy) is 2. The molecule has 1 fully saturated rings. The van der Waals surface area contributed by atoms with Crippen LogP contribution in [0.15, 0.2) is 84.9 Å². The summed E-state index contributed by atoms with van der Waals surface area (Å²) in [6.07, 6.45) is 1.59. The number of hydrogen-bond donors (Lipinski definition) is 0. The van der Waals surface area contributed by atoms with E-state index in [0.29, 0.717) is 0 Å². The van der Waals surface area contributed by atoms with Crippen molar-refractivity contribution in [1.29, 1.82) is 0 Å². The molecule has 4 heteroatoms. The van der Waals surface area contributed by atoms with E-state index >= 15 is 0 Å². The van der Waals surface area contributed by atoms with E-state index in [1.165, 1.54) is 15.9 Å². The third kappa shape index (κ3) is 3.15. The topological polar surface area (TPSA) is 18.5 Å². The van der Waals surface area contributed by atoms with Crippen LogP contribution in [0.5, 0.6) is 0 Å². The Morgan fingerprint density at radius 1 is 0.786 bits per heavy atom. The van der Waals surface area contributed by atoms with Crippen LogP contribution in [-0.2, 0) is 9.47 Å². The van der Waals surface area contributed by atoms with Crippen molar-refractivity contribution in [3.8, 4) is 0 Å². The summed E-state index contributed by atoms with van der Waals surface area (Å²) in [4.78, 5) is 0. The zero-order valence-corrected chi connectivity index (χ0v) is 18.6. The third-order valence-electron chi connectivity index (χ3n) is 5.70. The molecule has 0 amide bonds. The van der Waals surface area contributed by atoms with E-state index in [1.807, 2.05) is 0 Å². The van der Waals surface area contributed by atoms with Crippen LogP contribution in [-0.4, -0.2) is 19.4 Å². The van der Waals surface area contributed by atoms with Gasteiger partial charge in [-0.3, -0.25) is 0 Å². The Morgan fingerprint density at radius 3 is 1.82 bits per heavy atom. The van der Waals surface area contributed by atoms with E-state index in [-0.39, 0.29) is 6.29 Å². The molecule has 1 saturated heterocycles. The summed E-state index contributed by atoms with van der Waals surface area (Å²) in [6.45, 7) is 3.76. The van der Waals surface area contributed by atoms with Gasteiger partial charge in [0.1, 0.15) is 0 Å². The summed E-state index contributed by atoms with van der Waals surface area (Å²) in [5, 5.41) is 1.05. The Morgan fingerprint density at radius 2 is 1.29 bits per heavy atom. The molecule has 0 atom stereocenters. The van der Waals surface area contributed by atoms with E-state index < -0.39 is 5.31 Å². The van der Waals surface area contributed by atoms with Crippen LogP contribution < -0.4 is 15.9 Å². The normalized spacial score (nSPS) is 17.0. The van der Waals surface area contributed by atoms with Crippen LogP contribution in [0.3, 0.4) is 0 Å². The van der Waals surface area contributed by atoms with Crippen LogP contribution in [0.1, 0.15) is 25.2 Å².